The number of hydrogen-bond donors (Lipinski definition) is 2. The van der Waals surface area contributed by atoms with Gasteiger partial charge in [0, 0.05) is 31.3 Å². The molecule has 0 radical (unpaired) electrons. The van der Waals surface area contributed by atoms with Crippen LogP contribution in [0.5, 0.6) is 0 Å². The molecule has 2 aromatic rings. The fraction of sp³-hybridized carbons (Fsp3) is 0.190. The molecule has 27 heavy (non-hydrogen) atoms. The molecule has 3 rings (SSSR count). The summed E-state index contributed by atoms with van der Waals surface area (Å²) < 4.78 is 0. The van der Waals surface area contributed by atoms with Crippen molar-refractivity contribution in [3.63, 3.8) is 0 Å². The monoisotopic (exact) mass is 363 g/mol. The van der Waals surface area contributed by atoms with Crippen LogP contribution < -0.4 is 15.5 Å². The summed E-state index contributed by atoms with van der Waals surface area (Å²) in [4.78, 5) is 37.8. The van der Waals surface area contributed by atoms with Crippen molar-refractivity contribution in [3.05, 3.63) is 65.9 Å². The van der Waals surface area contributed by atoms with Crippen molar-refractivity contribution in [1.82, 2.24) is 5.32 Å². The minimum atomic E-state index is -0.432. The second kappa shape index (κ2) is 8.31. The summed E-state index contributed by atoms with van der Waals surface area (Å²) in [5.74, 6) is -0.677. The van der Waals surface area contributed by atoms with E-state index in [-0.39, 0.29) is 17.5 Å². The van der Waals surface area contributed by atoms with E-state index >= 15 is 0 Å². The van der Waals surface area contributed by atoms with Gasteiger partial charge in [-0.2, -0.15) is 0 Å². The smallest absolute Gasteiger partial charge is 0.272 e. The summed E-state index contributed by atoms with van der Waals surface area (Å²) in [5.41, 5.74) is 2.26. The molecular formula is C21H21N3O3. The van der Waals surface area contributed by atoms with Crippen molar-refractivity contribution in [2.45, 2.75) is 19.8 Å². The van der Waals surface area contributed by atoms with Gasteiger partial charge in [-0.25, -0.2) is 0 Å². The Morgan fingerprint density at radius 2 is 1.85 bits per heavy atom. The lowest BCUT2D eigenvalue weighted by atomic mass is 10.2. The number of carbonyl (C=O) groups excluding carboxylic acids is 3. The van der Waals surface area contributed by atoms with Crippen molar-refractivity contribution in [2.24, 2.45) is 0 Å². The Hall–Kier alpha value is -3.41. The third-order valence-corrected chi connectivity index (χ3v) is 4.16. The highest BCUT2D eigenvalue weighted by atomic mass is 16.2. The Morgan fingerprint density at radius 1 is 1.07 bits per heavy atom. The molecule has 2 N–H and O–H groups in total. The van der Waals surface area contributed by atoms with Gasteiger partial charge in [0.1, 0.15) is 5.70 Å². The van der Waals surface area contributed by atoms with Gasteiger partial charge in [0.2, 0.25) is 11.8 Å². The summed E-state index contributed by atoms with van der Waals surface area (Å²) in [6, 6.07) is 16.4. The molecule has 1 aliphatic rings. The molecule has 0 unspecified atom stereocenters. The van der Waals surface area contributed by atoms with Crippen LogP contribution in [0.15, 0.2) is 60.3 Å². The summed E-state index contributed by atoms with van der Waals surface area (Å²) in [6.07, 6.45) is 3.00. The van der Waals surface area contributed by atoms with Gasteiger partial charge in [-0.3, -0.25) is 14.4 Å². The van der Waals surface area contributed by atoms with E-state index in [1.54, 1.807) is 29.2 Å². The molecule has 0 atom stereocenters. The minimum absolute atomic E-state index is 0.0846. The van der Waals surface area contributed by atoms with Crippen LogP contribution in [0.25, 0.3) is 6.08 Å². The average Bonchev–Trinajstić information content (AvgIpc) is 3.08. The van der Waals surface area contributed by atoms with Gasteiger partial charge < -0.3 is 15.5 Å². The van der Waals surface area contributed by atoms with Gasteiger partial charge in [0.05, 0.1) is 0 Å². The zero-order valence-corrected chi connectivity index (χ0v) is 15.1. The van der Waals surface area contributed by atoms with Gasteiger partial charge >= 0.3 is 0 Å². The van der Waals surface area contributed by atoms with Crippen LogP contribution in [-0.2, 0) is 14.4 Å². The molecule has 6 nitrogen and oxygen atoms in total. The van der Waals surface area contributed by atoms with Crippen LogP contribution in [-0.4, -0.2) is 24.3 Å². The lowest BCUT2D eigenvalue weighted by Gasteiger charge is -2.17. The first-order valence-electron chi connectivity index (χ1n) is 8.79. The summed E-state index contributed by atoms with van der Waals surface area (Å²) in [5, 5.41) is 5.36. The highest BCUT2D eigenvalue weighted by Gasteiger charge is 2.22. The zero-order valence-electron chi connectivity index (χ0n) is 15.1. The van der Waals surface area contributed by atoms with Gasteiger partial charge in [0.25, 0.3) is 5.91 Å². The maximum absolute atomic E-state index is 12.7. The second-order valence-corrected chi connectivity index (χ2v) is 6.30. The highest BCUT2D eigenvalue weighted by molar-refractivity contribution is 6.08. The fourth-order valence-corrected chi connectivity index (χ4v) is 2.94. The Balaban J connectivity index is 1.80. The quantitative estimate of drug-likeness (QED) is 0.802. The number of benzene rings is 2. The van der Waals surface area contributed by atoms with Gasteiger partial charge in [0.15, 0.2) is 0 Å². The predicted octanol–water partition coefficient (Wildman–Crippen LogP) is 2.93. The lowest BCUT2D eigenvalue weighted by molar-refractivity contribution is -0.120. The van der Waals surface area contributed by atoms with Crippen molar-refractivity contribution >= 4 is 35.2 Å². The lowest BCUT2D eigenvalue weighted by Crippen LogP contribution is -2.29. The zero-order chi connectivity index (χ0) is 19.2. The SMILES string of the molecule is CC(=O)N/C(=C/c1ccccc1)C(=O)Nc1cccc(N2CCCC2=O)c1. The van der Waals surface area contributed by atoms with Crippen LogP contribution in [0.1, 0.15) is 25.3 Å². The molecule has 1 fully saturated rings. The van der Waals surface area contributed by atoms with Crippen LogP contribution in [0.2, 0.25) is 0 Å². The normalized spacial score (nSPS) is 14.2. The molecule has 0 bridgehead atoms. The summed E-state index contributed by atoms with van der Waals surface area (Å²) >= 11 is 0. The highest BCUT2D eigenvalue weighted by Crippen LogP contribution is 2.24. The van der Waals surface area contributed by atoms with Gasteiger partial charge in [-0.15, -0.1) is 0 Å². The predicted molar refractivity (Wildman–Crippen MR) is 105 cm³/mol. The maximum atomic E-state index is 12.7. The van der Waals surface area contributed by atoms with E-state index in [9.17, 15) is 14.4 Å². The molecule has 0 spiro atoms. The van der Waals surface area contributed by atoms with E-state index in [2.05, 4.69) is 10.6 Å². The number of hydrogen-bond acceptors (Lipinski definition) is 3. The van der Waals surface area contributed by atoms with E-state index in [0.29, 0.717) is 18.7 Å². The Morgan fingerprint density at radius 3 is 2.52 bits per heavy atom. The topological polar surface area (TPSA) is 78.5 Å². The third-order valence-electron chi connectivity index (χ3n) is 4.16. The molecule has 1 saturated heterocycles. The van der Waals surface area contributed by atoms with Crippen molar-refractivity contribution < 1.29 is 14.4 Å². The molecular weight excluding hydrogens is 342 g/mol. The first-order chi connectivity index (χ1) is 13.0. The van der Waals surface area contributed by atoms with Crippen LogP contribution >= 0.6 is 0 Å². The second-order valence-electron chi connectivity index (χ2n) is 6.30. The number of anilines is 2. The largest absolute Gasteiger partial charge is 0.322 e. The van der Waals surface area contributed by atoms with Gasteiger partial charge in [-0.1, -0.05) is 36.4 Å². The minimum Gasteiger partial charge on any atom is -0.322 e. The maximum Gasteiger partial charge on any atom is 0.272 e. The molecule has 138 valence electrons. The van der Waals surface area contributed by atoms with Crippen molar-refractivity contribution in [3.8, 4) is 0 Å². The van der Waals surface area contributed by atoms with Crippen LogP contribution in [0.4, 0.5) is 11.4 Å². The standard InChI is InChI=1S/C21H21N3O3/c1-15(25)22-19(13-16-7-3-2-4-8-16)21(27)23-17-9-5-10-18(14-17)24-12-6-11-20(24)26/h2-5,7-10,13-14H,6,11-12H2,1H3,(H,22,25)(H,23,27)/b19-13+. The molecule has 1 heterocycles. The molecule has 0 aliphatic carbocycles. The molecule has 0 aromatic heterocycles. The van der Waals surface area contributed by atoms with E-state index in [0.717, 1.165) is 17.7 Å². The average molecular weight is 363 g/mol. The first-order valence-corrected chi connectivity index (χ1v) is 8.79. The van der Waals surface area contributed by atoms with Crippen LogP contribution in [0.3, 0.4) is 0 Å². The van der Waals surface area contributed by atoms with Gasteiger partial charge in [-0.05, 0) is 36.3 Å². The Kier molecular flexibility index (Phi) is 5.66. The number of carbonyl (C=O) groups is 3. The van der Waals surface area contributed by atoms with E-state index in [1.165, 1.54) is 6.92 Å². The van der Waals surface area contributed by atoms with Crippen molar-refractivity contribution in [1.29, 1.82) is 0 Å². The van der Waals surface area contributed by atoms with E-state index in [1.807, 2.05) is 36.4 Å². The summed E-state index contributed by atoms with van der Waals surface area (Å²) in [6.45, 7) is 2.03. The molecule has 3 amide bonds. The first kappa shape index (κ1) is 18.4. The fourth-order valence-electron chi connectivity index (χ4n) is 2.94. The number of amides is 3. The molecule has 1 aliphatic heterocycles. The Labute approximate surface area is 157 Å². The number of nitrogens with one attached hydrogen (secondary N) is 2. The summed E-state index contributed by atoms with van der Waals surface area (Å²) in [7, 11) is 0. The Bertz CT molecular complexity index is 891. The van der Waals surface area contributed by atoms with Crippen molar-refractivity contribution in [2.75, 3.05) is 16.8 Å². The molecule has 0 saturated carbocycles. The molecule has 6 heteroatoms. The van der Waals surface area contributed by atoms with E-state index in [4.69, 9.17) is 0 Å². The number of nitrogens with zero attached hydrogens (tertiary/aromatic N) is 1. The van der Waals surface area contributed by atoms with Crippen LogP contribution in [0, 0.1) is 0 Å². The van der Waals surface area contributed by atoms with E-state index < -0.39 is 5.91 Å². The molecule has 2 aromatic carbocycles. The third kappa shape index (κ3) is 4.82. The number of rotatable bonds is 5.